The Morgan fingerprint density at radius 1 is 1.04 bits per heavy atom. The van der Waals surface area contributed by atoms with E-state index in [0.29, 0.717) is 17.2 Å². The van der Waals surface area contributed by atoms with Gasteiger partial charge in [-0.1, -0.05) is 6.07 Å². The number of aryl methyl sites for hydroxylation is 2. The van der Waals surface area contributed by atoms with Crippen molar-refractivity contribution >= 4 is 23.2 Å². The van der Waals surface area contributed by atoms with Gasteiger partial charge in [-0.3, -0.25) is 9.59 Å². The molecule has 136 valence electrons. The minimum atomic E-state index is -0.139. The fraction of sp³-hybridized carbons (Fsp3) is 0.300. The summed E-state index contributed by atoms with van der Waals surface area (Å²) in [5.41, 5.74) is 3.73. The summed E-state index contributed by atoms with van der Waals surface area (Å²) in [6.07, 6.45) is 0.195. The number of carbonyl (C=O) groups excluding carboxylic acids is 2. The molecule has 26 heavy (non-hydrogen) atoms. The van der Waals surface area contributed by atoms with E-state index >= 15 is 0 Å². The summed E-state index contributed by atoms with van der Waals surface area (Å²) in [5.74, 6) is 0.987. The maximum Gasteiger partial charge on any atom is 0.231 e. The molecule has 1 N–H and O–H groups in total. The number of nitrogens with zero attached hydrogens (tertiary/aromatic N) is 1. The highest BCUT2D eigenvalue weighted by Crippen LogP contribution is 2.35. The number of carbonyl (C=O) groups is 2. The molecule has 0 radical (unpaired) electrons. The Morgan fingerprint density at radius 3 is 2.54 bits per heavy atom. The zero-order valence-corrected chi connectivity index (χ0v) is 15.2. The van der Waals surface area contributed by atoms with Crippen molar-refractivity contribution in [2.75, 3.05) is 23.6 Å². The van der Waals surface area contributed by atoms with Crippen LogP contribution >= 0.6 is 0 Å². The van der Waals surface area contributed by atoms with Crippen LogP contribution in [0.15, 0.2) is 36.4 Å². The number of anilines is 2. The van der Waals surface area contributed by atoms with E-state index in [4.69, 9.17) is 9.47 Å². The topological polar surface area (TPSA) is 67.9 Å². The molecular formula is C20H22N2O4. The number of amides is 2. The van der Waals surface area contributed by atoms with Crippen LogP contribution in [-0.2, 0) is 9.59 Å². The van der Waals surface area contributed by atoms with E-state index in [9.17, 15) is 9.59 Å². The molecule has 2 aromatic carbocycles. The molecule has 0 atom stereocenters. The molecule has 1 aliphatic heterocycles. The van der Waals surface area contributed by atoms with E-state index in [2.05, 4.69) is 5.32 Å². The van der Waals surface area contributed by atoms with Crippen LogP contribution in [-0.4, -0.2) is 25.2 Å². The molecule has 0 aliphatic carbocycles. The van der Waals surface area contributed by atoms with Gasteiger partial charge in [-0.15, -0.1) is 0 Å². The largest absolute Gasteiger partial charge is 0.454 e. The van der Waals surface area contributed by atoms with Crippen LogP contribution in [0.3, 0.4) is 0 Å². The minimum Gasteiger partial charge on any atom is -0.454 e. The Bertz CT molecular complexity index is 848. The van der Waals surface area contributed by atoms with Crippen LogP contribution in [0.4, 0.5) is 11.4 Å². The molecule has 0 spiro atoms. The molecule has 0 fully saturated rings. The Balaban J connectivity index is 1.64. The smallest absolute Gasteiger partial charge is 0.231 e. The van der Waals surface area contributed by atoms with Crippen molar-refractivity contribution in [1.29, 1.82) is 0 Å². The maximum absolute atomic E-state index is 12.3. The fourth-order valence-electron chi connectivity index (χ4n) is 2.78. The van der Waals surface area contributed by atoms with Gasteiger partial charge in [-0.2, -0.15) is 0 Å². The van der Waals surface area contributed by atoms with Crippen molar-refractivity contribution < 1.29 is 19.1 Å². The molecule has 1 heterocycles. The lowest BCUT2D eigenvalue weighted by molar-refractivity contribution is -0.117. The second-order valence-corrected chi connectivity index (χ2v) is 6.31. The van der Waals surface area contributed by atoms with Crippen LogP contribution < -0.4 is 19.7 Å². The van der Waals surface area contributed by atoms with Gasteiger partial charge in [0.1, 0.15) is 0 Å². The van der Waals surface area contributed by atoms with E-state index in [1.807, 2.05) is 32.0 Å². The molecule has 2 aromatic rings. The van der Waals surface area contributed by atoms with Gasteiger partial charge in [0.15, 0.2) is 11.5 Å². The number of benzene rings is 2. The standard InChI is InChI=1S/C20H22N2O4/c1-13-4-5-16(10-14(13)2)21-20(24)8-9-22(15(3)23)17-6-7-18-19(11-17)26-12-25-18/h4-7,10-11H,8-9,12H2,1-3H3,(H,21,24). The third kappa shape index (κ3) is 3.96. The van der Waals surface area contributed by atoms with E-state index in [-0.39, 0.29) is 31.6 Å². The van der Waals surface area contributed by atoms with Gasteiger partial charge in [0.25, 0.3) is 0 Å². The second kappa shape index (κ2) is 7.47. The molecule has 2 amide bonds. The molecule has 0 unspecified atom stereocenters. The maximum atomic E-state index is 12.3. The molecule has 0 saturated heterocycles. The minimum absolute atomic E-state index is 0.136. The average molecular weight is 354 g/mol. The van der Waals surface area contributed by atoms with Gasteiger partial charge >= 0.3 is 0 Å². The monoisotopic (exact) mass is 354 g/mol. The lowest BCUT2D eigenvalue weighted by Crippen LogP contribution is -2.31. The van der Waals surface area contributed by atoms with Crippen molar-refractivity contribution in [1.82, 2.24) is 0 Å². The molecule has 6 nitrogen and oxygen atoms in total. The first-order chi connectivity index (χ1) is 12.4. The summed E-state index contributed by atoms with van der Waals surface area (Å²) in [4.78, 5) is 25.8. The molecule has 1 aliphatic rings. The van der Waals surface area contributed by atoms with Crippen LogP contribution in [0.25, 0.3) is 0 Å². The zero-order chi connectivity index (χ0) is 18.7. The van der Waals surface area contributed by atoms with Crippen molar-refractivity contribution in [2.24, 2.45) is 0 Å². The molecule has 0 aromatic heterocycles. The fourth-order valence-corrected chi connectivity index (χ4v) is 2.78. The SMILES string of the molecule is CC(=O)N(CCC(=O)Nc1ccc(C)c(C)c1)c1ccc2c(c1)OCO2. The number of rotatable bonds is 5. The highest BCUT2D eigenvalue weighted by Gasteiger charge is 2.19. The first-order valence-corrected chi connectivity index (χ1v) is 8.49. The number of nitrogens with one attached hydrogen (secondary N) is 1. The van der Waals surface area contributed by atoms with Gasteiger partial charge < -0.3 is 19.7 Å². The summed E-state index contributed by atoms with van der Waals surface area (Å²) in [6, 6.07) is 11.1. The van der Waals surface area contributed by atoms with Gasteiger partial charge in [0.05, 0.1) is 0 Å². The lowest BCUT2D eigenvalue weighted by Gasteiger charge is -2.21. The van der Waals surface area contributed by atoms with Crippen LogP contribution in [0.1, 0.15) is 24.5 Å². The van der Waals surface area contributed by atoms with Crippen molar-refractivity contribution in [3.8, 4) is 11.5 Å². The molecule has 6 heteroatoms. The second-order valence-electron chi connectivity index (χ2n) is 6.31. The Morgan fingerprint density at radius 2 is 1.81 bits per heavy atom. The summed E-state index contributed by atoms with van der Waals surface area (Å²) >= 11 is 0. The number of fused-ring (bicyclic) bond motifs is 1. The van der Waals surface area contributed by atoms with E-state index in [1.54, 1.807) is 23.1 Å². The molecule has 0 bridgehead atoms. The van der Waals surface area contributed by atoms with Crippen LogP contribution in [0, 0.1) is 13.8 Å². The number of hydrogen-bond donors (Lipinski definition) is 1. The van der Waals surface area contributed by atoms with Crippen LogP contribution in [0.5, 0.6) is 11.5 Å². The van der Waals surface area contributed by atoms with Crippen molar-refractivity contribution in [3.63, 3.8) is 0 Å². The van der Waals surface area contributed by atoms with E-state index < -0.39 is 0 Å². The third-order valence-corrected chi connectivity index (χ3v) is 4.40. The van der Waals surface area contributed by atoms with Crippen LogP contribution in [0.2, 0.25) is 0 Å². The molecular weight excluding hydrogens is 332 g/mol. The Kier molecular flexibility index (Phi) is 5.11. The Labute approximate surface area is 152 Å². The third-order valence-electron chi connectivity index (χ3n) is 4.40. The number of hydrogen-bond acceptors (Lipinski definition) is 4. The molecule has 3 rings (SSSR count). The normalized spacial score (nSPS) is 12.0. The summed E-state index contributed by atoms with van der Waals surface area (Å²) in [5, 5.41) is 2.88. The summed E-state index contributed by atoms with van der Waals surface area (Å²) in [6.45, 7) is 5.97. The summed E-state index contributed by atoms with van der Waals surface area (Å²) in [7, 11) is 0. The van der Waals surface area contributed by atoms with Crippen molar-refractivity contribution in [2.45, 2.75) is 27.2 Å². The quantitative estimate of drug-likeness (QED) is 0.893. The predicted octanol–water partition coefficient (Wildman–Crippen LogP) is 3.41. The first-order valence-electron chi connectivity index (χ1n) is 8.49. The lowest BCUT2D eigenvalue weighted by atomic mass is 10.1. The highest BCUT2D eigenvalue weighted by molar-refractivity contribution is 5.95. The first kappa shape index (κ1) is 17.8. The predicted molar refractivity (Wildman–Crippen MR) is 99.8 cm³/mol. The van der Waals surface area contributed by atoms with Crippen molar-refractivity contribution in [3.05, 3.63) is 47.5 Å². The Hall–Kier alpha value is -3.02. The van der Waals surface area contributed by atoms with Gasteiger partial charge in [-0.05, 0) is 49.2 Å². The highest BCUT2D eigenvalue weighted by atomic mass is 16.7. The number of ether oxygens (including phenoxy) is 2. The van der Waals surface area contributed by atoms with Gasteiger partial charge in [0.2, 0.25) is 18.6 Å². The zero-order valence-electron chi connectivity index (χ0n) is 15.2. The van der Waals surface area contributed by atoms with E-state index in [1.165, 1.54) is 12.5 Å². The van der Waals surface area contributed by atoms with Gasteiger partial charge in [0, 0.05) is 37.3 Å². The molecule has 0 saturated carbocycles. The van der Waals surface area contributed by atoms with E-state index in [0.717, 1.165) is 11.3 Å². The van der Waals surface area contributed by atoms with Gasteiger partial charge in [-0.25, -0.2) is 0 Å². The average Bonchev–Trinajstić information content (AvgIpc) is 3.06. The summed E-state index contributed by atoms with van der Waals surface area (Å²) < 4.78 is 10.6.